The van der Waals surface area contributed by atoms with Gasteiger partial charge in [0, 0.05) is 29.5 Å². The van der Waals surface area contributed by atoms with E-state index >= 15 is 0 Å². The average Bonchev–Trinajstić information content (AvgIpc) is 3.03. The molecule has 4 heteroatoms. The van der Waals surface area contributed by atoms with E-state index in [0.29, 0.717) is 0 Å². The summed E-state index contributed by atoms with van der Waals surface area (Å²) in [4.78, 5) is 16.2. The van der Waals surface area contributed by atoms with Gasteiger partial charge in [-0.2, -0.15) is 0 Å². The fraction of sp³-hybridized carbons (Fsp3) is 0.0571. The highest BCUT2D eigenvalue weighted by Gasteiger charge is 2.14. The second kappa shape index (κ2) is 11.5. The predicted octanol–water partition coefficient (Wildman–Crippen LogP) is 8.75. The maximum atomic E-state index is 4.86. The number of allylic oxidation sites excluding steroid dienone is 3. The third-order valence-electron chi connectivity index (χ3n) is 6.57. The first-order chi connectivity index (χ1) is 19.3. The van der Waals surface area contributed by atoms with E-state index < -0.39 is 0 Å². The summed E-state index contributed by atoms with van der Waals surface area (Å²) < 4.78 is 0. The van der Waals surface area contributed by atoms with E-state index in [4.69, 9.17) is 4.98 Å². The summed E-state index contributed by atoms with van der Waals surface area (Å²) in [6.07, 6.45) is 16.8. The normalized spacial score (nSPS) is 12.9. The molecule has 1 aliphatic carbocycles. The minimum Gasteiger partial charge on any atom is -0.311 e. The van der Waals surface area contributed by atoms with Gasteiger partial charge in [0.2, 0.25) is 0 Å². The highest BCUT2D eigenvalue weighted by atomic mass is 15.1. The summed E-state index contributed by atoms with van der Waals surface area (Å²) >= 11 is 0. The number of hydrogen-bond acceptors (Lipinski definition) is 4. The molecule has 0 bridgehead atoms. The van der Waals surface area contributed by atoms with Crippen LogP contribution < -0.4 is 4.90 Å². The first kappa shape index (κ1) is 24.3. The zero-order valence-electron chi connectivity index (χ0n) is 21.6. The molecule has 0 N–H and O–H groups in total. The summed E-state index contributed by atoms with van der Waals surface area (Å²) in [5.41, 5.74) is 8.96. The summed E-state index contributed by atoms with van der Waals surface area (Å²) in [7, 11) is 0. The number of aromatic nitrogens is 3. The van der Waals surface area contributed by atoms with Crippen LogP contribution in [0.5, 0.6) is 0 Å². The predicted molar refractivity (Wildman–Crippen MR) is 161 cm³/mol. The molecule has 5 aromatic rings. The fourth-order valence-corrected chi connectivity index (χ4v) is 4.66. The Labute approximate surface area is 229 Å². The number of para-hydroxylation sites is 1. The fourth-order valence-electron chi connectivity index (χ4n) is 4.66. The lowest BCUT2D eigenvalue weighted by Gasteiger charge is -2.27. The molecule has 0 saturated heterocycles. The highest BCUT2D eigenvalue weighted by molar-refractivity contribution is 5.77. The Morgan fingerprint density at radius 1 is 0.564 bits per heavy atom. The largest absolute Gasteiger partial charge is 0.311 e. The molecule has 1 aliphatic rings. The number of rotatable bonds is 7. The summed E-state index contributed by atoms with van der Waals surface area (Å²) in [5.74, 6) is 0. The highest BCUT2D eigenvalue weighted by Crippen LogP contribution is 2.32. The molecule has 0 unspecified atom stereocenters. The van der Waals surface area contributed by atoms with Crippen LogP contribution in [0.25, 0.3) is 34.9 Å². The SMILES string of the molecule is C1=CC(N(c2ccccc2)c2ccc(C=Cc3cc(-c4ccccn4)nc(-c4ccccn4)c3)cc2)=CCC1. The van der Waals surface area contributed by atoms with Gasteiger partial charge in [0.25, 0.3) is 0 Å². The number of pyridine rings is 3. The van der Waals surface area contributed by atoms with Gasteiger partial charge >= 0.3 is 0 Å². The molecule has 6 rings (SSSR count). The van der Waals surface area contributed by atoms with E-state index in [2.05, 4.69) is 112 Å². The molecule has 3 aromatic heterocycles. The lowest BCUT2D eigenvalue weighted by atomic mass is 10.1. The van der Waals surface area contributed by atoms with Crippen LogP contribution in [0.15, 0.2) is 139 Å². The third kappa shape index (κ3) is 5.76. The standard InChI is InChI=1S/C35H28N4/c1-3-11-29(12-4-1)39(30-13-5-2-6-14-30)31-21-19-27(20-22-31)17-18-28-25-34(32-15-7-9-23-36-32)38-35(26-28)33-16-8-10-24-37-33/h1,3-5,7-26H,2,6H2. The van der Waals surface area contributed by atoms with Gasteiger partial charge in [-0.15, -0.1) is 0 Å². The average molecular weight is 505 g/mol. The number of nitrogens with zero attached hydrogens (tertiary/aromatic N) is 4. The van der Waals surface area contributed by atoms with Gasteiger partial charge in [-0.25, -0.2) is 4.98 Å². The molecule has 0 spiro atoms. The molecule has 39 heavy (non-hydrogen) atoms. The molecular weight excluding hydrogens is 476 g/mol. The molecular formula is C35H28N4. The Kier molecular flexibility index (Phi) is 7.17. The van der Waals surface area contributed by atoms with Crippen molar-refractivity contribution in [3.05, 3.63) is 151 Å². The van der Waals surface area contributed by atoms with Gasteiger partial charge in [0.1, 0.15) is 0 Å². The minimum atomic E-state index is 0.820. The quantitative estimate of drug-likeness (QED) is 0.222. The van der Waals surface area contributed by atoms with Crippen molar-refractivity contribution in [1.82, 2.24) is 15.0 Å². The van der Waals surface area contributed by atoms with Gasteiger partial charge in [-0.3, -0.25) is 9.97 Å². The van der Waals surface area contributed by atoms with Gasteiger partial charge in [0.05, 0.1) is 22.8 Å². The first-order valence-corrected chi connectivity index (χ1v) is 13.2. The lowest BCUT2D eigenvalue weighted by Crippen LogP contribution is -2.16. The van der Waals surface area contributed by atoms with Crippen molar-refractivity contribution in [2.75, 3.05) is 4.90 Å². The molecule has 188 valence electrons. The van der Waals surface area contributed by atoms with Crippen LogP contribution in [-0.4, -0.2) is 15.0 Å². The molecule has 0 aliphatic heterocycles. The molecule has 0 saturated carbocycles. The molecule has 4 nitrogen and oxygen atoms in total. The monoisotopic (exact) mass is 504 g/mol. The minimum absolute atomic E-state index is 0.820. The van der Waals surface area contributed by atoms with Crippen LogP contribution in [-0.2, 0) is 0 Å². The van der Waals surface area contributed by atoms with Gasteiger partial charge in [-0.1, -0.05) is 66.8 Å². The van der Waals surface area contributed by atoms with Crippen LogP contribution in [0.4, 0.5) is 11.4 Å². The third-order valence-corrected chi connectivity index (χ3v) is 6.57. The molecule has 0 atom stereocenters. The Morgan fingerprint density at radius 2 is 1.18 bits per heavy atom. The van der Waals surface area contributed by atoms with E-state index in [1.54, 1.807) is 12.4 Å². The van der Waals surface area contributed by atoms with Gasteiger partial charge in [-0.05, 0) is 90.7 Å². The molecule has 0 radical (unpaired) electrons. The van der Waals surface area contributed by atoms with Crippen molar-refractivity contribution in [3.8, 4) is 22.8 Å². The van der Waals surface area contributed by atoms with Crippen LogP contribution in [0.3, 0.4) is 0 Å². The molecule has 2 aromatic carbocycles. The van der Waals surface area contributed by atoms with E-state index in [9.17, 15) is 0 Å². The van der Waals surface area contributed by atoms with Crippen molar-refractivity contribution in [3.63, 3.8) is 0 Å². The van der Waals surface area contributed by atoms with Crippen molar-refractivity contribution >= 4 is 23.5 Å². The second-order valence-electron chi connectivity index (χ2n) is 9.31. The second-order valence-corrected chi connectivity index (χ2v) is 9.31. The van der Waals surface area contributed by atoms with E-state index in [0.717, 1.165) is 58.1 Å². The van der Waals surface area contributed by atoms with E-state index in [1.165, 1.54) is 5.70 Å². The van der Waals surface area contributed by atoms with Crippen molar-refractivity contribution in [2.45, 2.75) is 12.8 Å². The zero-order chi connectivity index (χ0) is 26.3. The van der Waals surface area contributed by atoms with Crippen molar-refractivity contribution in [1.29, 1.82) is 0 Å². The van der Waals surface area contributed by atoms with Gasteiger partial charge < -0.3 is 4.90 Å². The van der Waals surface area contributed by atoms with Crippen LogP contribution in [0, 0.1) is 0 Å². The topological polar surface area (TPSA) is 41.9 Å². The smallest absolute Gasteiger partial charge is 0.0900 e. The Balaban J connectivity index is 1.31. The Bertz CT molecular complexity index is 1560. The van der Waals surface area contributed by atoms with Crippen molar-refractivity contribution in [2.24, 2.45) is 0 Å². The van der Waals surface area contributed by atoms with E-state index in [1.807, 2.05) is 36.4 Å². The van der Waals surface area contributed by atoms with Crippen LogP contribution in [0.2, 0.25) is 0 Å². The Hall–Kier alpha value is -5.09. The maximum Gasteiger partial charge on any atom is 0.0900 e. The Morgan fingerprint density at radius 3 is 1.77 bits per heavy atom. The number of hydrogen-bond donors (Lipinski definition) is 0. The van der Waals surface area contributed by atoms with E-state index in [-0.39, 0.29) is 0 Å². The molecule has 3 heterocycles. The number of anilines is 2. The van der Waals surface area contributed by atoms with Crippen molar-refractivity contribution < 1.29 is 0 Å². The zero-order valence-corrected chi connectivity index (χ0v) is 21.6. The number of benzene rings is 2. The van der Waals surface area contributed by atoms with Crippen LogP contribution in [0.1, 0.15) is 24.0 Å². The summed E-state index contributed by atoms with van der Waals surface area (Å²) in [6.45, 7) is 0. The lowest BCUT2D eigenvalue weighted by molar-refractivity contribution is 0.997. The first-order valence-electron chi connectivity index (χ1n) is 13.2. The summed E-state index contributed by atoms with van der Waals surface area (Å²) in [6, 6.07) is 35.1. The maximum absolute atomic E-state index is 4.86. The molecule has 0 fully saturated rings. The summed E-state index contributed by atoms with van der Waals surface area (Å²) in [5, 5.41) is 0. The van der Waals surface area contributed by atoms with Crippen LogP contribution >= 0.6 is 0 Å². The van der Waals surface area contributed by atoms with Gasteiger partial charge in [0.15, 0.2) is 0 Å². The molecule has 0 amide bonds.